The van der Waals surface area contributed by atoms with Crippen molar-refractivity contribution in [2.45, 2.75) is 9.10 Å². The molecular formula is C14H7Cl2FN2S2. The lowest BCUT2D eigenvalue weighted by molar-refractivity contribution is 0.628. The first kappa shape index (κ1) is 14.8. The molecule has 2 nitrogen and oxygen atoms in total. The molecule has 2 aromatic carbocycles. The van der Waals surface area contributed by atoms with E-state index in [1.54, 1.807) is 24.3 Å². The van der Waals surface area contributed by atoms with Gasteiger partial charge in [0.25, 0.3) is 0 Å². The molecule has 0 aliphatic carbocycles. The maximum atomic E-state index is 13.0. The SMILES string of the molecule is Fc1ccc(-c2nnsc2Sc2ccc(Cl)c(Cl)c2)cc1. The Balaban J connectivity index is 1.92. The molecule has 0 unspecified atom stereocenters. The highest BCUT2D eigenvalue weighted by atomic mass is 35.5. The van der Waals surface area contributed by atoms with Gasteiger partial charge in [-0.25, -0.2) is 4.39 Å². The van der Waals surface area contributed by atoms with Crippen LogP contribution in [0.1, 0.15) is 0 Å². The molecule has 0 amide bonds. The van der Waals surface area contributed by atoms with Crippen LogP contribution in [0.4, 0.5) is 4.39 Å². The Hall–Kier alpha value is -1.14. The molecule has 1 heterocycles. The molecule has 0 aliphatic rings. The maximum Gasteiger partial charge on any atom is 0.123 e. The lowest BCUT2D eigenvalue weighted by Crippen LogP contribution is -1.82. The van der Waals surface area contributed by atoms with Crippen molar-refractivity contribution >= 4 is 46.5 Å². The van der Waals surface area contributed by atoms with Crippen molar-refractivity contribution < 1.29 is 4.39 Å². The van der Waals surface area contributed by atoms with Crippen molar-refractivity contribution in [1.82, 2.24) is 9.59 Å². The monoisotopic (exact) mass is 356 g/mol. The zero-order valence-corrected chi connectivity index (χ0v) is 13.5. The van der Waals surface area contributed by atoms with Gasteiger partial charge in [-0.1, -0.05) is 39.5 Å². The van der Waals surface area contributed by atoms with Gasteiger partial charge < -0.3 is 0 Å². The van der Waals surface area contributed by atoms with Gasteiger partial charge in [0.05, 0.1) is 10.0 Å². The number of aromatic nitrogens is 2. The minimum absolute atomic E-state index is 0.277. The number of hydrogen-bond donors (Lipinski definition) is 0. The van der Waals surface area contributed by atoms with Crippen LogP contribution < -0.4 is 0 Å². The number of halogens is 3. The first-order chi connectivity index (χ1) is 10.1. The van der Waals surface area contributed by atoms with Gasteiger partial charge >= 0.3 is 0 Å². The first-order valence-electron chi connectivity index (χ1n) is 5.84. The topological polar surface area (TPSA) is 25.8 Å². The van der Waals surface area contributed by atoms with Crippen molar-refractivity contribution in [1.29, 1.82) is 0 Å². The molecule has 7 heteroatoms. The number of nitrogens with zero attached hydrogens (tertiary/aromatic N) is 2. The summed E-state index contributed by atoms with van der Waals surface area (Å²) in [5.74, 6) is -0.277. The summed E-state index contributed by atoms with van der Waals surface area (Å²) in [7, 11) is 0. The van der Waals surface area contributed by atoms with E-state index in [2.05, 4.69) is 9.59 Å². The summed E-state index contributed by atoms with van der Waals surface area (Å²) in [6.45, 7) is 0. The van der Waals surface area contributed by atoms with Crippen LogP contribution in [0.15, 0.2) is 51.6 Å². The predicted molar refractivity (Wildman–Crippen MR) is 85.9 cm³/mol. The lowest BCUT2D eigenvalue weighted by atomic mass is 10.2. The second-order valence-corrected chi connectivity index (χ2v) is 7.00. The van der Waals surface area contributed by atoms with E-state index < -0.39 is 0 Å². The van der Waals surface area contributed by atoms with Crippen LogP contribution in [-0.4, -0.2) is 9.59 Å². The van der Waals surface area contributed by atoms with E-state index in [-0.39, 0.29) is 5.82 Å². The van der Waals surface area contributed by atoms with Crippen molar-refractivity contribution in [2.24, 2.45) is 0 Å². The minimum Gasteiger partial charge on any atom is -0.207 e. The second-order valence-electron chi connectivity index (χ2n) is 4.09. The van der Waals surface area contributed by atoms with Gasteiger partial charge in [0.1, 0.15) is 15.7 Å². The molecule has 1 aromatic heterocycles. The Labute approximate surface area is 139 Å². The summed E-state index contributed by atoms with van der Waals surface area (Å²) in [4.78, 5) is 0.943. The summed E-state index contributed by atoms with van der Waals surface area (Å²) in [5.41, 5.74) is 1.56. The molecule has 0 atom stereocenters. The van der Waals surface area contributed by atoms with E-state index in [1.807, 2.05) is 6.07 Å². The molecule has 0 saturated heterocycles. The number of rotatable bonds is 3. The van der Waals surface area contributed by atoms with Crippen molar-refractivity contribution in [3.8, 4) is 11.3 Å². The average molecular weight is 357 g/mol. The van der Waals surface area contributed by atoms with Gasteiger partial charge in [-0.2, -0.15) is 0 Å². The fraction of sp³-hybridized carbons (Fsp3) is 0. The average Bonchev–Trinajstić information content (AvgIpc) is 2.92. The van der Waals surface area contributed by atoms with E-state index in [4.69, 9.17) is 23.2 Å². The van der Waals surface area contributed by atoms with E-state index >= 15 is 0 Å². The van der Waals surface area contributed by atoms with Crippen LogP contribution in [-0.2, 0) is 0 Å². The lowest BCUT2D eigenvalue weighted by Gasteiger charge is -2.03. The smallest absolute Gasteiger partial charge is 0.123 e. The molecule has 0 radical (unpaired) electrons. The molecule has 0 aliphatic heterocycles. The van der Waals surface area contributed by atoms with Crippen LogP contribution in [0.3, 0.4) is 0 Å². The molecule has 0 N–H and O–H groups in total. The predicted octanol–water partition coefficient (Wildman–Crippen LogP) is 5.80. The zero-order chi connectivity index (χ0) is 14.8. The summed E-state index contributed by atoms with van der Waals surface area (Å²) >= 11 is 14.7. The van der Waals surface area contributed by atoms with Crippen LogP contribution in [0.5, 0.6) is 0 Å². The maximum absolute atomic E-state index is 13.0. The summed E-state index contributed by atoms with van der Waals surface area (Å²) in [5, 5.41) is 5.14. The van der Waals surface area contributed by atoms with Crippen molar-refractivity contribution in [3.63, 3.8) is 0 Å². The van der Waals surface area contributed by atoms with Crippen LogP contribution in [0.2, 0.25) is 10.0 Å². The van der Waals surface area contributed by atoms with Crippen LogP contribution >= 0.6 is 46.5 Å². The third-order valence-corrected chi connectivity index (χ3v) is 5.28. The van der Waals surface area contributed by atoms with Gasteiger partial charge in [-0.3, -0.25) is 0 Å². The largest absolute Gasteiger partial charge is 0.207 e. The minimum atomic E-state index is -0.277. The molecule has 106 valence electrons. The van der Waals surface area contributed by atoms with E-state index in [0.717, 1.165) is 20.4 Å². The van der Waals surface area contributed by atoms with E-state index in [9.17, 15) is 4.39 Å². The highest BCUT2D eigenvalue weighted by Crippen LogP contribution is 2.39. The third kappa shape index (κ3) is 3.37. The Morgan fingerprint density at radius 3 is 2.48 bits per heavy atom. The van der Waals surface area contributed by atoms with E-state index in [1.165, 1.54) is 35.4 Å². The Morgan fingerprint density at radius 1 is 1.00 bits per heavy atom. The molecule has 0 fully saturated rings. The third-order valence-electron chi connectivity index (χ3n) is 2.68. The molecular weight excluding hydrogens is 350 g/mol. The summed E-state index contributed by atoms with van der Waals surface area (Å²) in [6, 6.07) is 11.6. The summed E-state index contributed by atoms with van der Waals surface area (Å²) in [6.07, 6.45) is 0. The zero-order valence-electron chi connectivity index (χ0n) is 10.4. The van der Waals surface area contributed by atoms with Gasteiger partial charge in [-0.05, 0) is 54.0 Å². The fourth-order valence-corrected chi connectivity index (χ4v) is 3.80. The standard InChI is InChI=1S/C14H7Cl2FN2S2/c15-11-6-5-10(7-12(11)16)20-14-13(18-19-21-14)8-1-3-9(17)4-2-8/h1-7H. The fourth-order valence-electron chi connectivity index (χ4n) is 1.68. The highest BCUT2D eigenvalue weighted by molar-refractivity contribution is 8.01. The second kappa shape index (κ2) is 6.32. The molecule has 3 aromatic rings. The van der Waals surface area contributed by atoms with Gasteiger partial charge in [0, 0.05) is 10.5 Å². The first-order valence-corrected chi connectivity index (χ1v) is 8.19. The normalized spacial score (nSPS) is 10.8. The summed E-state index contributed by atoms with van der Waals surface area (Å²) < 4.78 is 17.9. The van der Waals surface area contributed by atoms with Gasteiger partial charge in [-0.15, -0.1) is 5.10 Å². The van der Waals surface area contributed by atoms with Crippen LogP contribution in [0, 0.1) is 5.82 Å². The van der Waals surface area contributed by atoms with E-state index in [0.29, 0.717) is 10.0 Å². The molecule has 0 saturated carbocycles. The highest BCUT2D eigenvalue weighted by Gasteiger charge is 2.12. The Kier molecular flexibility index (Phi) is 4.45. The van der Waals surface area contributed by atoms with Gasteiger partial charge in [0.15, 0.2) is 0 Å². The number of benzene rings is 2. The molecule has 0 bridgehead atoms. The quantitative estimate of drug-likeness (QED) is 0.592. The van der Waals surface area contributed by atoms with Crippen molar-refractivity contribution in [2.75, 3.05) is 0 Å². The molecule has 0 spiro atoms. The molecule has 21 heavy (non-hydrogen) atoms. The number of hydrogen-bond acceptors (Lipinski definition) is 4. The Morgan fingerprint density at radius 2 is 1.76 bits per heavy atom. The molecule has 3 rings (SSSR count). The van der Waals surface area contributed by atoms with Crippen LogP contribution in [0.25, 0.3) is 11.3 Å². The Bertz CT molecular complexity index is 775. The van der Waals surface area contributed by atoms with Crippen molar-refractivity contribution in [3.05, 3.63) is 58.3 Å². The van der Waals surface area contributed by atoms with Gasteiger partial charge in [0.2, 0.25) is 0 Å².